The van der Waals surface area contributed by atoms with E-state index in [1.54, 1.807) is 15.2 Å². The Hall–Kier alpha value is -2.54. The van der Waals surface area contributed by atoms with E-state index in [1.807, 2.05) is 0 Å². The normalized spacial score (nSPS) is 17.9. The minimum atomic E-state index is -4.66. The highest BCUT2D eigenvalue weighted by Gasteiger charge is 2.39. The van der Waals surface area contributed by atoms with Crippen molar-refractivity contribution in [1.29, 1.82) is 0 Å². The SMILES string of the molecule is C=CC(=O)N1CCN(c2nc(=O)n3c4c(c(-c5cc(Cl)cs5)c(C(F)(F)F)cc24)SC[C@@H]3COC)CC1. The van der Waals surface area contributed by atoms with Crippen LogP contribution < -0.4 is 10.6 Å². The number of rotatable bonds is 5. The molecule has 37 heavy (non-hydrogen) atoms. The third kappa shape index (κ3) is 4.64. The molecule has 0 bridgehead atoms. The number of hydrogen-bond donors (Lipinski definition) is 0. The first-order valence-electron chi connectivity index (χ1n) is 11.4. The summed E-state index contributed by atoms with van der Waals surface area (Å²) in [6.45, 7) is 5.03. The predicted molar refractivity (Wildman–Crippen MR) is 140 cm³/mol. The molecule has 5 rings (SSSR count). The summed E-state index contributed by atoms with van der Waals surface area (Å²) in [6, 6.07) is 2.22. The van der Waals surface area contributed by atoms with Gasteiger partial charge in [-0.05, 0) is 18.2 Å². The van der Waals surface area contributed by atoms with E-state index in [-0.39, 0.29) is 29.3 Å². The van der Waals surface area contributed by atoms with Crippen molar-refractivity contribution in [3.63, 3.8) is 0 Å². The van der Waals surface area contributed by atoms with Crippen LogP contribution in [0.4, 0.5) is 19.0 Å². The highest BCUT2D eigenvalue weighted by Crippen LogP contribution is 2.51. The number of halogens is 4. The Balaban J connectivity index is 1.78. The maximum absolute atomic E-state index is 14.5. The Morgan fingerprint density at radius 2 is 2.03 bits per heavy atom. The maximum atomic E-state index is 14.5. The average Bonchev–Trinajstić information content (AvgIpc) is 3.31. The van der Waals surface area contributed by atoms with Crippen LogP contribution in [0.2, 0.25) is 5.02 Å². The van der Waals surface area contributed by atoms with E-state index < -0.39 is 23.5 Å². The van der Waals surface area contributed by atoms with Crippen LogP contribution >= 0.6 is 34.7 Å². The summed E-state index contributed by atoms with van der Waals surface area (Å²) in [5.74, 6) is 0.317. The number of piperazine rings is 1. The summed E-state index contributed by atoms with van der Waals surface area (Å²) >= 11 is 8.50. The van der Waals surface area contributed by atoms with Gasteiger partial charge in [0, 0.05) is 65.1 Å². The zero-order chi connectivity index (χ0) is 26.5. The number of ether oxygens (including phenoxy) is 1. The van der Waals surface area contributed by atoms with Gasteiger partial charge in [0.25, 0.3) is 0 Å². The molecule has 2 aliphatic heterocycles. The number of nitrogens with zero attached hydrogens (tertiary/aromatic N) is 4. The van der Waals surface area contributed by atoms with Crippen molar-refractivity contribution >= 4 is 57.3 Å². The van der Waals surface area contributed by atoms with Gasteiger partial charge >= 0.3 is 11.9 Å². The molecule has 196 valence electrons. The van der Waals surface area contributed by atoms with Gasteiger partial charge in [-0.1, -0.05) is 18.2 Å². The molecule has 1 atom stereocenters. The van der Waals surface area contributed by atoms with Gasteiger partial charge in [0.1, 0.15) is 5.82 Å². The third-order valence-electron chi connectivity index (χ3n) is 6.47. The average molecular weight is 571 g/mol. The number of amides is 1. The van der Waals surface area contributed by atoms with Crippen molar-refractivity contribution in [1.82, 2.24) is 14.5 Å². The smallest absolute Gasteiger partial charge is 0.383 e. The molecule has 0 aliphatic carbocycles. The van der Waals surface area contributed by atoms with Crippen LogP contribution in [0, 0.1) is 0 Å². The van der Waals surface area contributed by atoms with Gasteiger partial charge in [-0.15, -0.1) is 23.1 Å². The molecule has 13 heteroatoms. The van der Waals surface area contributed by atoms with Gasteiger partial charge < -0.3 is 14.5 Å². The lowest BCUT2D eigenvalue weighted by Gasteiger charge is -2.36. The maximum Gasteiger partial charge on any atom is 0.417 e. The lowest BCUT2D eigenvalue weighted by Crippen LogP contribution is -2.49. The molecule has 3 aromatic rings. The van der Waals surface area contributed by atoms with E-state index in [1.165, 1.54) is 35.6 Å². The standard InChI is InChI=1S/C24H22ClF3N4O3S2/c1-3-18(33)30-4-6-31(7-5-30)22-15-9-16(24(26,27)28)19(17-8-13(25)11-36-17)21-20(15)32(23(34)29-22)14(10-35-2)12-37-21/h3,8-9,11,14H,1,4-7,10,12H2,2H3/t14-/m0/s1. The monoisotopic (exact) mass is 570 g/mol. The number of carbonyl (C=O) groups excluding carboxylic acids is 1. The number of thioether (sulfide) groups is 1. The predicted octanol–water partition coefficient (Wildman–Crippen LogP) is 4.93. The van der Waals surface area contributed by atoms with Crippen LogP contribution in [-0.4, -0.2) is 66.0 Å². The number of anilines is 1. The molecule has 7 nitrogen and oxygen atoms in total. The first-order valence-corrected chi connectivity index (χ1v) is 13.6. The van der Waals surface area contributed by atoms with Gasteiger partial charge in [0.05, 0.1) is 28.8 Å². The van der Waals surface area contributed by atoms with Gasteiger partial charge in [-0.3, -0.25) is 9.36 Å². The number of hydrogen-bond acceptors (Lipinski definition) is 7. The quantitative estimate of drug-likeness (QED) is 0.406. The van der Waals surface area contributed by atoms with Crippen molar-refractivity contribution in [3.05, 3.63) is 51.2 Å². The molecular weight excluding hydrogens is 549 g/mol. The molecule has 2 aliphatic rings. The Labute approximate surface area is 223 Å². The van der Waals surface area contributed by atoms with Crippen molar-refractivity contribution in [2.45, 2.75) is 17.1 Å². The number of methoxy groups -OCH3 is 1. The molecule has 1 fully saturated rings. The zero-order valence-corrected chi connectivity index (χ0v) is 22.1. The lowest BCUT2D eigenvalue weighted by molar-refractivity contribution is -0.137. The van der Waals surface area contributed by atoms with Gasteiger partial charge in [0.2, 0.25) is 5.91 Å². The van der Waals surface area contributed by atoms with Crippen LogP contribution in [0.5, 0.6) is 0 Å². The summed E-state index contributed by atoms with van der Waals surface area (Å²) in [5, 5.41) is 2.17. The van der Waals surface area contributed by atoms with E-state index in [4.69, 9.17) is 16.3 Å². The van der Waals surface area contributed by atoms with Crippen LogP contribution in [0.3, 0.4) is 0 Å². The molecule has 0 radical (unpaired) electrons. The van der Waals surface area contributed by atoms with Crippen molar-refractivity contribution in [2.24, 2.45) is 0 Å². The minimum Gasteiger partial charge on any atom is -0.383 e. The van der Waals surface area contributed by atoms with Crippen molar-refractivity contribution in [2.75, 3.05) is 50.5 Å². The summed E-state index contributed by atoms with van der Waals surface area (Å²) in [4.78, 5) is 33.8. The lowest BCUT2D eigenvalue weighted by atomic mass is 10.0. The second-order valence-electron chi connectivity index (χ2n) is 8.68. The Bertz CT molecular complexity index is 1450. The number of benzene rings is 1. The Morgan fingerprint density at radius 3 is 2.62 bits per heavy atom. The first kappa shape index (κ1) is 26.1. The van der Waals surface area contributed by atoms with E-state index in [0.717, 1.165) is 17.4 Å². The molecule has 1 amide bonds. The summed E-state index contributed by atoms with van der Waals surface area (Å²) < 4.78 is 50.3. The van der Waals surface area contributed by atoms with Crippen molar-refractivity contribution in [3.8, 4) is 10.4 Å². The molecule has 0 saturated carbocycles. The Morgan fingerprint density at radius 1 is 1.30 bits per heavy atom. The number of thiophene rings is 1. The van der Waals surface area contributed by atoms with Crippen LogP contribution in [-0.2, 0) is 15.7 Å². The topological polar surface area (TPSA) is 67.7 Å². The van der Waals surface area contributed by atoms with Crippen LogP contribution in [0.15, 0.2) is 39.9 Å². The molecule has 0 unspecified atom stereocenters. The summed E-state index contributed by atoms with van der Waals surface area (Å²) in [6.07, 6.45) is -3.43. The largest absolute Gasteiger partial charge is 0.417 e. The second-order valence-corrected chi connectivity index (χ2v) is 11.1. The molecule has 4 heterocycles. The number of aromatic nitrogens is 2. The molecule has 2 aromatic heterocycles. The van der Waals surface area contributed by atoms with E-state index >= 15 is 0 Å². The molecule has 0 spiro atoms. The summed E-state index contributed by atoms with van der Waals surface area (Å²) in [5.41, 5.74) is -0.930. The van der Waals surface area contributed by atoms with E-state index in [2.05, 4.69) is 11.6 Å². The molecule has 1 saturated heterocycles. The van der Waals surface area contributed by atoms with Crippen molar-refractivity contribution < 1.29 is 22.7 Å². The first-order chi connectivity index (χ1) is 17.6. The fourth-order valence-corrected chi connectivity index (χ4v) is 7.35. The molecular formula is C24H22ClF3N4O3S2. The number of alkyl halides is 3. The van der Waals surface area contributed by atoms with E-state index in [0.29, 0.717) is 52.2 Å². The zero-order valence-electron chi connectivity index (χ0n) is 19.7. The van der Waals surface area contributed by atoms with Crippen LogP contribution in [0.25, 0.3) is 21.3 Å². The summed E-state index contributed by atoms with van der Waals surface area (Å²) in [7, 11) is 1.51. The highest BCUT2D eigenvalue weighted by atomic mass is 35.5. The van der Waals surface area contributed by atoms with Gasteiger partial charge in [0.15, 0.2) is 0 Å². The molecule has 1 aromatic carbocycles. The third-order valence-corrected chi connectivity index (χ3v) is 9.01. The second kappa shape index (κ2) is 9.97. The van der Waals surface area contributed by atoms with Gasteiger partial charge in [-0.25, -0.2) is 4.79 Å². The molecule has 0 N–H and O–H groups in total. The highest BCUT2D eigenvalue weighted by molar-refractivity contribution is 7.99. The van der Waals surface area contributed by atoms with E-state index in [9.17, 15) is 22.8 Å². The fraction of sp³-hybridized carbons (Fsp3) is 0.375. The minimum absolute atomic E-state index is 0.0180. The van der Waals surface area contributed by atoms with Crippen LogP contribution in [0.1, 0.15) is 11.6 Å². The fourth-order valence-electron chi connectivity index (χ4n) is 4.83. The van der Waals surface area contributed by atoms with Gasteiger partial charge in [-0.2, -0.15) is 18.2 Å². The Kier molecular flexibility index (Phi) is 7.03. The number of carbonyl (C=O) groups is 1.